The molecule has 1 atom stereocenters. The van der Waals surface area contributed by atoms with Crippen LogP contribution in [0.5, 0.6) is 17.5 Å². The van der Waals surface area contributed by atoms with Crippen LogP contribution >= 0.6 is 11.6 Å². The topological polar surface area (TPSA) is 100 Å². The Labute approximate surface area is 215 Å². The van der Waals surface area contributed by atoms with Gasteiger partial charge in [-0.15, -0.1) is 13.2 Å². The number of aromatic nitrogens is 2. The van der Waals surface area contributed by atoms with E-state index in [-0.39, 0.29) is 55.9 Å². The number of alkyl halides is 3. The Balaban J connectivity index is 1.79. The van der Waals surface area contributed by atoms with Gasteiger partial charge in [0.15, 0.2) is 12.0 Å². The Bertz CT molecular complexity index is 1250. The van der Waals surface area contributed by atoms with E-state index in [0.717, 1.165) is 17.7 Å². The van der Waals surface area contributed by atoms with Gasteiger partial charge in [-0.05, 0) is 43.2 Å². The first kappa shape index (κ1) is 26.6. The van der Waals surface area contributed by atoms with Gasteiger partial charge in [0, 0.05) is 30.8 Å². The van der Waals surface area contributed by atoms with Gasteiger partial charge in [0.25, 0.3) is 0 Å². The van der Waals surface area contributed by atoms with E-state index in [9.17, 15) is 28.2 Å². The highest BCUT2D eigenvalue weighted by Crippen LogP contribution is 2.40. The first-order chi connectivity index (χ1) is 17.6. The number of urea groups is 1. The van der Waals surface area contributed by atoms with Crippen molar-refractivity contribution in [2.75, 3.05) is 24.6 Å². The number of carbonyl (C=O) groups excluding carboxylic acids is 1. The molecule has 13 heteroatoms. The number of aliphatic hydroxyl groups is 2. The summed E-state index contributed by atoms with van der Waals surface area (Å²) < 4.78 is 49.5. The molecule has 1 aliphatic rings. The summed E-state index contributed by atoms with van der Waals surface area (Å²) in [6, 6.07) is 11.3. The fourth-order valence-electron chi connectivity index (χ4n) is 3.97. The number of hydrogen-bond acceptors (Lipinski definition) is 6. The van der Waals surface area contributed by atoms with Crippen molar-refractivity contribution in [1.82, 2.24) is 14.5 Å². The SMILES string of the molecule is CCN1C(=O)N(CCCO)C(O)c2c1nc(Oc1cccc(OC(F)(F)F)c1)n2Cc1ccc(Cl)cc1. The number of benzene rings is 2. The highest BCUT2D eigenvalue weighted by Gasteiger charge is 2.41. The summed E-state index contributed by atoms with van der Waals surface area (Å²) in [6.45, 7) is 2.01. The second-order valence-electron chi connectivity index (χ2n) is 8.11. The van der Waals surface area contributed by atoms with Gasteiger partial charge >= 0.3 is 18.4 Å². The third-order valence-corrected chi connectivity index (χ3v) is 5.85. The van der Waals surface area contributed by atoms with Crippen molar-refractivity contribution in [3.05, 3.63) is 64.8 Å². The number of imidazole rings is 1. The predicted octanol–water partition coefficient (Wildman–Crippen LogP) is 4.91. The molecule has 37 heavy (non-hydrogen) atoms. The molecule has 0 aliphatic carbocycles. The van der Waals surface area contributed by atoms with Gasteiger partial charge in [-0.3, -0.25) is 14.4 Å². The summed E-state index contributed by atoms with van der Waals surface area (Å²) in [7, 11) is 0. The van der Waals surface area contributed by atoms with Crippen LogP contribution in [-0.4, -0.2) is 56.8 Å². The minimum absolute atomic E-state index is 0.00227. The number of fused-ring (bicyclic) bond motifs is 1. The molecular weight excluding hydrogens is 517 g/mol. The highest BCUT2D eigenvalue weighted by atomic mass is 35.5. The van der Waals surface area contributed by atoms with Crippen molar-refractivity contribution in [2.45, 2.75) is 32.5 Å². The minimum atomic E-state index is -4.88. The number of ether oxygens (including phenoxy) is 2. The summed E-state index contributed by atoms with van der Waals surface area (Å²) in [5, 5.41) is 21.0. The van der Waals surface area contributed by atoms with E-state index in [1.54, 1.807) is 35.8 Å². The maximum Gasteiger partial charge on any atom is 0.573 e. The number of anilines is 1. The molecule has 2 heterocycles. The zero-order valence-electron chi connectivity index (χ0n) is 19.7. The molecule has 2 N–H and O–H groups in total. The lowest BCUT2D eigenvalue weighted by molar-refractivity contribution is -0.274. The van der Waals surface area contributed by atoms with Crippen LogP contribution in [0, 0.1) is 0 Å². The molecular formula is C24H24ClF3N4O5. The average molecular weight is 541 g/mol. The molecule has 2 amide bonds. The standard InChI is InChI=1S/C24H24ClF3N4O5/c1-2-30-20-19(21(34)31(23(30)35)11-4-12-33)32(14-15-7-9-16(25)10-8-15)22(29-20)36-17-5-3-6-18(13-17)37-24(26,27)28/h3,5-10,13,21,33-34H,2,4,11-12,14H2,1H3. The minimum Gasteiger partial charge on any atom is -0.425 e. The van der Waals surface area contributed by atoms with E-state index in [1.807, 2.05) is 0 Å². The highest BCUT2D eigenvalue weighted by molar-refractivity contribution is 6.30. The Morgan fingerprint density at radius 3 is 2.49 bits per heavy atom. The first-order valence-corrected chi connectivity index (χ1v) is 11.7. The Morgan fingerprint density at radius 1 is 1.14 bits per heavy atom. The lowest BCUT2D eigenvalue weighted by Crippen LogP contribution is -2.50. The molecule has 1 unspecified atom stereocenters. The Kier molecular flexibility index (Phi) is 7.81. The van der Waals surface area contributed by atoms with Crippen molar-refractivity contribution < 1.29 is 37.7 Å². The largest absolute Gasteiger partial charge is 0.573 e. The molecule has 0 spiro atoms. The van der Waals surface area contributed by atoms with E-state index in [2.05, 4.69) is 9.72 Å². The number of hydrogen-bond donors (Lipinski definition) is 2. The van der Waals surface area contributed by atoms with Crippen LogP contribution in [0.2, 0.25) is 5.02 Å². The molecule has 3 aromatic rings. The fraction of sp³-hybridized carbons (Fsp3) is 0.333. The molecule has 4 rings (SSSR count). The lowest BCUT2D eigenvalue weighted by atomic mass is 10.2. The van der Waals surface area contributed by atoms with Crippen LogP contribution < -0.4 is 14.4 Å². The van der Waals surface area contributed by atoms with Crippen molar-refractivity contribution in [2.24, 2.45) is 0 Å². The zero-order chi connectivity index (χ0) is 26.7. The third kappa shape index (κ3) is 5.92. The molecule has 1 aromatic heterocycles. The molecule has 0 saturated heterocycles. The molecule has 0 bridgehead atoms. The van der Waals surface area contributed by atoms with Gasteiger partial charge in [-0.25, -0.2) is 4.79 Å². The predicted molar refractivity (Wildman–Crippen MR) is 128 cm³/mol. The molecule has 198 valence electrons. The number of carbonyl (C=O) groups is 1. The van der Waals surface area contributed by atoms with Crippen molar-refractivity contribution in [3.8, 4) is 17.5 Å². The number of amides is 2. The van der Waals surface area contributed by atoms with Crippen LogP contribution in [0.15, 0.2) is 48.5 Å². The van der Waals surface area contributed by atoms with E-state index >= 15 is 0 Å². The Morgan fingerprint density at radius 2 is 1.84 bits per heavy atom. The van der Waals surface area contributed by atoms with Crippen molar-refractivity contribution in [1.29, 1.82) is 0 Å². The van der Waals surface area contributed by atoms with Crippen molar-refractivity contribution in [3.63, 3.8) is 0 Å². The first-order valence-electron chi connectivity index (χ1n) is 11.4. The van der Waals surface area contributed by atoms with Crippen molar-refractivity contribution >= 4 is 23.4 Å². The number of rotatable bonds is 9. The van der Waals surface area contributed by atoms with Gasteiger partial charge in [0.1, 0.15) is 17.2 Å². The maximum absolute atomic E-state index is 13.1. The van der Waals surface area contributed by atoms with Crippen LogP contribution in [0.25, 0.3) is 0 Å². The molecule has 0 saturated carbocycles. The monoisotopic (exact) mass is 540 g/mol. The second kappa shape index (κ2) is 10.9. The molecule has 2 aromatic carbocycles. The molecule has 1 aliphatic heterocycles. The summed E-state index contributed by atoms with van der Waals surface area (Å²) >= 11 is 6.01. The van der Waals surface area contributed by atoms with E-state index in [1.165, 1.54) is 21.9 Å². The van der Waals surface area contributed by atoms with Gasteiger partial charge in [-0.1, -0.05) is 29.8 Å². The smallest absolute Gasteiger partial charge is 0.425 e. The van der Waals surface area contributed by atoms with E-state index in [0.29, 0.717) is 5.02 Å². The normalized spacial score (nSPS) is 15.6. The van der Waals surface area contributed by atoms with Gasteiger partial charge < -0.3 is 19.7 Å². The van der Waals surface area contributed by atoms with Gasteiger partial charge in [0.05, 0.1) is 6.54 Å². The average Bonchev–Trinajstić information content (AvgIpc) is 3.17. The fourth-order valence-corrected chi connectivity index (χ4v) is 4.10. The van der Waals surface area contributed by atoms with Crippen LogP contribution in [-0.2, 0) is 6.54 Å². The summed E-state index contributed by atoms with van der Waals surface area (Å²) in [4.78, 5) is 20.1. The van der Waals surface area contributed by atoms with Crippen LogP contribution in [0.3, 0.4) is 0 Å². The van der Waals surface area contributed by atoms with Gasteiger partial charge in [-0.2, -0.15) is 4.98 Å². The van der Waals surface area contributed by atoms with Gasteiger partial charge in [0.2, 0.25) is 0 Å². The third-order valence-electron chi connectivity index (χ3n) is 5.60. The lowest BCUT2D eigenvalue weighted by Gasteiger charge is -2.38. The van der Waals surface area contributed by atoms with Crippen LogP contribution in [0.1, 0.15) is 30.8 Å². The van der Waals surface area contributed by atoms with Crippen LogP contribution in [0.4, 0.5) is 23.8 Å². The van der Waals surface area contributed by atoms with E-state index < -0.39 is 24.4 Å². The zero-order valence-corrected chi connectivity index (χ0v) is 20.4. The second-order valence-corrected chi connectivity index (χ2v) is 8.55. The maximum atomic E-state index is 13.1. The number of halogens is 4. The summed E-state index contributed by atoms with van der Waals surface area (Å²) in [5.41, 5.74) is 1.02. The molecule has 0 radical (unpaired) electrons. The summed E-state index contributed by atoms with van der Waals surface area (Å²) in [5.74, 6) is -0.319. The Hall–Kier alpha value is -3.48. The molecule has 9 nitrogen and oxygen atoms in total. The quantitative estimate of drug-likeness (QED) is 0.400. The van der Waals surface area contributed by atoms with E-state index in [4.69, 9.17) is 16.3 Å². The number of aliphatic hydroxyl groups excluding tert-OH is 2. The molecule has 0 fully saturated rings. The number of nitrogens with zero attached hydrogens (tertiary/aromatic N) is 4. The summed E-state index contributed by atoms with van der Waals surface area (Å²) in [6.07, 6.45) is -6.04.